The molecule has 0 radical (unpaired) electrons. The summed E-state index contributed by atoms with van der Waals surface area (Å²) in [5.41, 5.74) is 5.20. The molecule has 72 valence electrons. The summed E-state index contributed by atoms with van der Waals surface area (Å²) in [5.74, 6) is 0.865. The second-order valence-corrected chi connectivity index (χ2v) is 4.72. The van der Waals surface area contributed by atoms with E-state index in [2.05, 4.69) is 0 Å². The number of hydrogen-bond acceptors (Lipinski definition) is 3. The van der Waals surface area contributed by atoms with Crippen LogP contribution in [0, 0.1) is 5.41 Å². The Hall–Kier alpha value is -0.220. The molecule has 12 heavy (non-hydrogen) atoms. The standard InChI is InChI=1S/C8H17NO2S/c1-4-12-5-8(2,3)6(9)7(10)11/h6H,4-5,9H2,1-3H3,(H,10,11). The topological polar surface area (TPSA) is 63.3 Å². The predicted octanol–water partition coefficient (Wildman–Crippen LogP) is 1.18. The smallest absolute Gasteiger partial charge is 0.321 e. The van der Waals surface area contributed by atoms with Crippen molar-refractivity contribution in [3.8, 4) is 0 Å². The van der Waals surface area contributed by atoms with Gasteiger partial charge in [0.2, 0.25) is 0 Å². The number of carbonyl (C=O) groups is 1. The minimum Gasteiger partial charge on any atom is -0.480 e. The summed E-state index contributed by atoms with van der Waals surface area (Å²) in [6.45, 7) is 5.82. The van der Waals surface area contributed by atoms with Crippen molar-refractivity contribution in [2.45, 2.75) is 26.8 Å². The molecule has 0 heterocycles. The summed E-state index contributed by atoms with van der Waals surface area (Å²) in [6, 6.07) is -0.767. The van der Waals surface area contributed by atoms with E-state index in [1.807, 2.05) is 20.8 Å². The van der Waals surface area contributed by atoms with Gasteiger partial charge in [0.15, 0.2) is 0 Å². The fourth-order valence-electron chi connectivity index (χ4n) is 0.789. The molecule has 0 amide bonds. The van der Waals surface area contributed by atoms with Crippen LogP contribution in [0.4, 0.5) is 0 Å². The molecule has 1 atom stereocenters. The van der Waals surface area contributed by atoms with Gasteiger partial charge in [0, 0.05) is 5.75 Å². The second-order valence-electron chi connectivity index (χ2n) is 3.44. The fourth-order valence-corrected chi connectivity index (χ4v) is 1.70. The van der Waals surface area contributed by atoms with Crippen LogP contribution in [0.5, 0.6) is 0 Å². The normalized spacial score (nSPS) is 14.3. The van der Waals surface area contributed by atoms with Gasteiger partial charge in [0.25, 0.3) is 0 Å². The Morgan fingerprint density at radius 1 is 1.67 bits per heavy atom. The molecule has 0 spiro atoms. The average molecular weight is 191 g/mol. The maximum atomic E-state index is 10.6. The molecule has 0 aromatic carbocycles. The number of thioether (sulfide) groups is 1. The van der Waals surface area contributed by atoms with Gasteiger partial charge < -0.3 is 10.8 Å². The molecule has 0 saturated carbocycles. The first-order valence-corrected chi connectivity index (χ1v) is 5.13. The summed E-state index contributed by atoms with van der Waals surface area (Å²) >= 11 is 1.72. The van der Waals surface area contributed by atoms with Crippen molar-refractivity contribution < 1.29 is 9.90 Å². The number of aliphatic carboxylic acids is 1. The van der Waals surface area contributed by atoms with Crippen molar-refractivity contribution >= 4 is 17.7 Å². The van der Waals surface area contributed by atoms with Gasteiger partial charge in [-0.25, -0.2) is 0 Å². The van der Waals surface area contributed by atoms with Crippen LogP contribution >= 0.6 is 11.8 Å². The minimum absolute atomic E-state index is 0.327. The van der Waals surface area contributed by atoms with Crippen LogP contribution in [-0.2, 0) is 4.79 Å². The molecule has 3 N–H and O–H groups in total. The van der Waals surface area contributed by atoms with Crippen molar-refractivity contribution in [2.75, 3.05) is 11.5 Å². The van der Waals surface area contributed by atoms with E-state index in [1.54, 1.807) is 11.8 Å². The lowest BCUT2D eigenvalue weighted by Crippen LogP contribution is -2.45. The molecular weight excluding hydrogens is 174 g/mol. The largest absolute Gasteiger partial charge is 0.480 e. The number of nitrogens with two attached hydrogens (primary N) is 1. The molecule has 0 aliphatic rings. The first kappa shape index (κ1) is 11.8. The molecule has 0 aromatic rings. The van der Waals surface area contributed by atoms with Gasteiger partial charge in [-0.3, -0.25) is 4.79 Å². The minimum atomic E-state index is -0.920. The highest BCUT2D eigenvalue weighted by atomic mass is 32.2. The lowest BCUT2D eigenvalue weighted by atomic mass is 9.87. The third-order valence-electron chi connectivity index (χ3n) is 1.79. The molecule has 0 aliphatic carbocycles. The number of carboxylic acids is 1. The monoisotopic (exact) mass is 191 g/mol. The van der Waals surface area contributed by atoms with Crippen molar-refractivity contribution in [2.24, 2.45) is 11.1 Å². The highest BCUT2D eigenvalue weighted by Crippen LogP contribution is 2.24. The van der Waals surface area contributed by atoms with Gasteiger partial charge >= 0.3 is 5.97 Å². The van der Waals surface area contributed by atoms with Crippen molar-refractivity contribution in [1.82, 2.24) is 0 Å². The zero-order valence-electron chi connectivity index (χ0n) is 7.83. The van der Waals surface area contributed by atoms with E-state index in [-0.39, 0.29) is 5.41 Å². The molecule has 0 saturated heterocycles. The van der Waals surface area contributed by atoms with Crippen molar-refractivity contribution in [3.63, 3.8) is 0 Å². The fraction of sp³-hybridized carbons (Fsp3) is 0.875. The van der Waals surface area contributed by atoms with Crippen molar-refractivity contribution in [1.29, 1.82) is 0 Å². The molecule has 4 heteroatoms. The molecule has 0 aliphatic heterocycles. The first-order valence-electron chi connectivity index (χ1n) is 3.98. The Labute approximate surface area is 77.7 Å². The zero-order valence-corrected chi connectivity index (χ0v) is 8.65. The Morgan fingerprint density at radius 2 is 2.17 bits per heavy atom. The van der Waals surface area contributed by atoms with Crippen LogP contribution in [0.15, 0.2) is 0 Å². The first-order chi connectivity index (χ1) is 5.41. The van der Waals surface area contributed by atoms with E-state index in [0.717, 1.165) is 11.5 Å². The van der Waals surface area contributed by atoms with Crippen LogP contribution < -0.4 is 5.73 Å². The van der Waals surface area contributed by atoms with Crippen LogP contribution in [0.2, 0.25) is 0 Å². The summed E-state index contributed by atoms with van der Waals surface area (Å²) in [4.78, 5) is 10.6. The SMILES string of the molecule is CCSCC(C)(C)C(N)C(=O)O. The predicted molar refractivity (Wildman–Crippen MR) is 52.4 cm³/mol. The van der Waals surface area contributed by atoms with Crippen LogP contribution in [0.25, 0.3) is 0 Å². The highest BCUT2D eigenvalue weighted by Gasteiger charge is 2.31. The molecular formula is C8H17NO2S. The Kier molecular flexibility index (Phi) is 4.63. The maximum absolute atomic E-state index is 10.6. The number of carboxylic acid groups (broad SMARTS) is 1. The van der Waals surface area contributed by atoms with Crippen molar-refractivity contribution in [3.05, 3.63) is 0 Å². The zero-order chi connectivity index (χ0) is 9.78. The Bertz CT molecular complexity index is 159. The van der Waals surface area contributed by atoms with E-state index >= 15 is 0 Å². The average Bonchev–Trinajstić information content (AvgIpc) is 1.99. The van der Waals surface area contributed by atoms with E-state index in [0.29, 0.717) is 0 Å². The van der Waals surface area contributed by atoms with E-state index in [9.17, 15) is 4.79 Å². The van der Waals surface area contributed by atoms with Gasteiger partial charge in [-0.2, -0.15) is 11.8 Å². The van der Waals surface area contributed by atoms with E-state index < -0.39 is 12.0 Å². The van der Waals surface area contributed by atoms with E-state index in [4.69, 9.17) is 10.8 Å². The number of hydrogen-bond donors (Lipinski definition) is 2. The Balaban J connectivity index is 4.08. The van der Waals surface area contributed by atoms with Crippen LogP contribution in [-0.4, -0.2) is 28.6 Å². The summed E-state index contributed by atoms with van der Waals surface area (Å²) in [6.07, 6.45) is 0. The Morgan fingerprint density at radius 3 is 2.50 bits per heavy atom. The maximum Gasteiger partial charge on any atom is 0.321 e. The molecule has 0 fully saturated rings. The lowest BCUT2D eigenvalue weighted by molar-refractivity contribution is -0.140. The highest BCUT2D eigenvalue weighted by molar-refractivity contribution is 7.99. The second kappa shape index (κ2) is 4.72. The summed E-state index contributed by atoms with van der Waals surface area (Å²) in [7, 11) is 0. The van der Waals surface area contributed by atoms with Gasteiger partial charge in [-0.05, 0) is 11.2 Å². The van der Waals surface area contributed by atoms with Crippen LogP contribution in [0.3, 0.4) is 0 Å². The molecule has 0 aromatic heterocycles. The van der Waals surface area contributed by atoms with E-state index in [1.165, 1.54) is 0 Å². The third-order valence-corrected chi connectivity index (χ3v) is 3.14. The summed E-state index contributed by atoms with van der Waals surface area (Å²) < 4.78 is 0. The third kappa shape index (κ3) is 3.45. The summed E-state index contributed by atoms with van der Waals surface area (Å²) in [5, 5.41) is 8.68. The molecule has 3 nitrogen and oxygen atoms in total. The van der Waals surface area contributed by atoms with Gasteiger partial charge in [0.1, 0.15) is 6.04 Å². The lowest BCUT2D eigenvalue weighted by Gasteiger charge is -2.27. The quantitative estimate of drug-likeness (QED) is 0.685. The molecule has 1 unspecified atom stereocenters. The molecule has 0 rings (SSSR count). The van der Waals surface area contributed by atoms with Gasteiger partial charge in [-0.1, -0.05) is 20.8 Å². The number of rotatable bonds is 5. The van der Waals surface area contributed by atoms with Crippen LogP contribution in [0.1, 0.15) is 20.8 Å². The molecule has 0 bridgehead atoms. The van der Waals surface area contributed by atoms with Gasteiger partial charge in [-0.15, -0.1) is 0 Å². The van der Waals surface area contributed by atoms with Gasteiger partial charge in [0.05, 0.1) is 0 Å².